The number of hydrogen-bond acceptors (Lipinski definition) is 5. The molecule has 1 amide bonds. The van der Waals surface area contributed by atoms with Gasteiger partial charge in [0, 0.05) is 23.3 Å². The Hall–Kier alpha value is -3.18. The fraction of sp³-hybridized carbons (Fsp3) is 0.0526. The van der Waals surface area contributed by atoms with Gasteiger partial charge in [0.15, 0.2) is 5.13 Å². The number of anilines is 2. The molecule has 1 aromatic heterocycles. The summed E-state index contributed by atoms with van der Waals surface area (Å²) in [5.74, 6) is -0.663. The highest BCUT2D eigenvalue weighted by molar-refractivity contribution is 7.93. The van der Waals surface area contributed by atoms with Crippen molar-refractivity contribution < 1.29 is 26.4 Å². The Morgan fingerprint density at radius 1 is 1.07 bits per heavy atom. The van der Waals surface area contributed by atoms with Crippen LogP contribution in [0.25, 0.3) is 6.08 Å². The first-order valence-electron chi connectivity index (χ1n) is 8.33. The van der Waals surface area contributed by atoms with Crippen molar-refractivity contribution in [2.45, 2.75) is 11.1 Å². The van der Waals surface area contributed by atoms with Crippen molar-refractivity contribution in [3.8, 4) is 0 Å². The molecule has 30 heavy (non-hydrogen) atoms. The molecule has 0 saturated heterocycles. The third-order valence-corrected chi connectivity index (χ3v) is 5.94. The number of nitrogens with zero attached hydrogens (tertiary/aromatic N) is 1. The number of halogens is 3. The quantitative estimate of drug-likeness (QED) is 0.534. The van der Waals surface area contributed by atoms with E-state index in [4.69, 9.17) is 0 Å². The number of aromatic nitrogens is 1. The highest BCUT2D eigenvalue weighted by Gasteiger charge is 2.32. The Morgan fingerprint density at radius 3 is 2.40 bits per heavy atom. The summed E-state index contributed by atoms with van der Waals surface area (Å²) < 4.78 is 65.8. The molecular formula is C19H14F3N3O3S2. The molecule has 156 valence electrons. The monoisotopic (exact) mass is 453 g/mol. The number of hydrogen-bond donors (Lipinski definition) is 2. The van der Waals surface area contributed by atoms with E-state index in [1.54, 1.807) is 5.38 Å². The molecule has 0 fully saturated rings. The van der Waals surface area contributed by atoms with E-state index in [9.17, 15) is 26.4 Å². The number of sulfonamides is 1. The first kappa shape index (κ1) is 21.5. The molecule has 6 nitrogen and oxygen atoms in total. The summed E-state index contributed by atoms with van der Waals surface area (Å²) in [4.78, 5) is 15.8. The van der Waals surface area contributed by atoms with E-state index in [0.717, 1.165) is 29.6 Å². The van der Waals surface area contributed by atoms with E-state index in [1.807, 2.05) is 0 Å². The lowest BCUT2D eigenvalue weighted by molar-refractivity contribution is -0.137. The van der Waals surface area contributed by atoms with E-state index in [2.05, 4.69) is 15.0 Å². The maximum Gasteiger partial charge on any atom is 0.416 e. The topological polar surface area (TPSA) is 88.2 Å². The highest BCUT2D eigenvalue weighted by Crippen LogP contribution is 2.32. The second kappa shape index (κ2) is 8.67. The molecule has 0 spiro atoms. The van der Waals surface area contributed by atoms with Gasteiger partial charge in [-0.2, -0.15) is 13.2 Å². The van der Waals surface area contributed by atoms with Gasteiger partial charge in [0.2, 0.25) is 5.91 Å². The molecule has 2 aromatic carbocycles. The summed E-state index contributed by atoms with van der Waals surface area (Å²) in [6.45, 7) is 0. The zero-order chi connectivity index (χ0) is 21.8. The third-order valence-electron chi connectivity index (χ3n) is 3.77. The number of alkyl halides is 3. The number of rotatable bonds is 6. The minimum Gasteiger partial charge on any atom is -0.323 e. The van der Waals surface area contributed by atoms with Gasteiger partial charge in [-0.25, -0.2) is 13.4 Å². The number of carbonyl (C=O) groups excluding carboxylic acids is 1. The van der Waals surface area contributed by atoms with Gasteiger partial charge in [-0.05, 0) is 42.0 Å². The Balaban J connectivity index is 1.68. The minimum absolute atomic E-state index is 0.0367. The number of nitrogens with one attached hydrogen (secondary N) is 2. The van der Waals surface area contributed by atoms with Crippen LogP contribution in [0.15, 0.2) is 71.1 Å². The zero-order valence-corrected chi connectivity index (χ0v) is 16.7. The number of carbonyl (C=O) groups is 1. The molecular weight excluding hydrogens is 439 g/mol. The van der Waals surface area contributed by atoms with Crippen molar-refractivity contribution in [1.29, 1.82) is 0 Å². The van der Waals surface area contributed by atoms with Crippen molar-refractivity contribution in [2.24, 2.45) is 0 Å². The molecule has 0 aliphatic carbocycles. The normalized spacial score (nSPS) is 12.1. The van der Waals surface area contributed by atoms with Crippen molar-refractivity contribution in [3.05, 3.63) is 77.3 Å². The first-order chi connectivity index (χ1) is 14.1. The lowest BCUT2D eigenvalue weighted by Crippen LogP contribution is -2.13. The van der Waals surface area contributed by atoms with E-state index >= 15 is 0 Å². The molecule has 0 radical (unpaired) electrons. The van der Waals surface area contributed by atoms with Crippen LogP contribution in [0.1, 0.15) is 11.1 Å². The van der Waals surface area contributed by atoms with Gasteiger partial charge in [0.05, 0.1) is 10.5 Å². The summed E-state index contributed by atoms with van der Waals surface area (Å²) in [7, 11) is -3.83. The average Bonchev–Trinajstić information content (AvgIpc) is 3.18. The predicted molar refractivity (Wildman–Crippen MR) is 108 cm³/mol. The number of thiazole rings is 1. The number of amides is 1. The van der Waals surface area contributed by atoms with Gasteiger partial charge < -0.3 is 5.32 Å². The molecule has 0 atom stereocenters. The van der Waals surface area contributed by atoms with E-state index < -0.39 is 27.7 Å². The lowest BCUT2D eigenvalue weighted by Gasteiger charge is -2.09. The molecule has 3 aromatic rings. The van der Waals surface area contributed by atoms with Gasteiger partial charge in [0.1, 0.15) is 0 Å². The van der Waals surface area contributed by atoms with Gasteiger partial charge in [-0.15, -0.1) is 11.3 Å². The Labute approximate surface area is 174 Å². The molecule has 2 N–H and O–H groups in total. The van der Waals surface area contributed by atoms with Gasteiger partial charge >= 0.3 is 6.18 Å². The van der Waals surface area contributed by atoms with Gasteiger partial charge in [-0.1, -0.05) is 18.2 Å². The fourth-order valence-corrected chi connectivity index (χ4v) is 4.20. The van der Waals surface area contributed by atoms with E-state index in [-0.39, 0.29) is 21.3 Å². The second-order valence-corrected chi connectivity index (χ2v) is 8.45. The Morgan fingerprint density at radius 2 is 1.77 bits per heavy atom. The molecule has 3 rings (SSSR count). The summed E-state index contributed by atoms with van der Waals surface area (Å²) in [6, 6.07) is 10.2. The predicted octanol–water partition coefficient (Wildman–Crippen LogP) is 4.61. The van der Waals surface area contributed by atoms with Gasteiger partial charge in [-0.3, -0.25) is 9.52 Å². The van der Waals surface area contributed by atoms with Crippen LogP contribution < -0.4 is 10.0 Å². The summed E-state index contributed by atoms with van der Waals surface area (Å²) >= 11 is 1.13. The summed E-state index contributed by atoms with van der Waals surface area (Å²) in [5, 5.41) is 4.30. The largest absolute Gasteiger partial charge is 0.416 e. The van der Waals surface area contributed by atoms with Crippen LogP contribution >= 0.6 is 11.3 Å². The smallest absolute Gasteiger partial charge is 0.323 e. The van der Waals surface area contributed by atoms with Crippen molar-refractivity contribution in [1.82, 2.24) is 4.98 Å². The average molecular weight is 453 g/mol. The van der Waals surface area contributed by atoms with Crippen LogP contribution in [0.4, 0.5) is 24.0 Å². The van der Waals surface area contributed by atoms with Crippen LogP contribution in [0.2, 0.25) is 0 Å². The highest BCUT2D eigenvalue weighted by atomic mass is 32.2. The molecule has 0 aliphatic rings. The van der Waals surface area contributed by atoms with Gasteiger partial charge in [0.25, 0.3) is 10.0 Å². The van der Waals surface area contributed by atoms with Crippen LogP contribution in [0.3, 0.4) is 0 Å². The fourth-order valence-electron chi connectivity index (χ4n) is 2.42. The molecule has 0 bridgehead atoms. The van der Waals surface area contributed by atoms with E-state index in [1.165, 1.54) is 48.7 Å². The molecule has 0 saturated carbocycles. The second-order valence-electron chi connectivity index (χ2n) is 5.87. The van der Waals surface area contributed by atoms with Crippen LogP contribution in [0.5, 0.6) is 0 Å². The van der Waals surface area contributed by atoms with Crippen molar-refractivity contribution in [2.75, 3.05) is 10.0 Å². The van der Waals surface area contributed by atoms with Crippen LogP contribution in [-0.2, 0) is 21.0 Å². The summed E-state index contributed by atoms with van der Waals surface area (Å²) in [5.41, 5.74) is -0.715. The SMILES string of the molecule is O=C(/C=C/c1ccccc1C(F)(F)F)Nc1ccc(S(=O)(=O)Nc2nccs2)cc1. The first-order valence-corrected chi connectivity index (χ1v) is 10.7. The van der Waals surface area contributed by atoms with Crippen molar-refractivity contribution in [3.63, 3.8) is 0 Å². The standard InChI is InChI=1S/C19H14F3N3O3S2/c20-19(21,22)16-4-2-1-3-13(16)5-10-17(26)24-14-6-8-15(9-7-14)30(27,28)25-18-23-11-12-29-18/h1-12H,(H,23,25)(H,24,26)/b10-5+. The molecule has 0 aliphatic heterocycles. The minimum atomic E-state index is -4.54. The third kappa shape index (κ3) is 5.45. The Kier molecular flexibility index (Phi) is 6.22. The molecule has 0 unspecified atom stereocenters. The lowest BCUT2D eigenvalue weighted by atomic mass is 10.1. The summed E-state index contributed by atoms with van der Waals surface area (Å²) in [6.07, 6.45) is -1.04. The van der Waals surface area contributed by atoms with E-state index in [0.29, 0.717) is 0 Å². The molecule has 11 heteroatoms. The van der Waals surface area contributed by atoms with Crippen molar-refractivity contribution >= 4 is 44.2 Å². The van der Waals surface area contributed by atoms with Crippen LogP contribution in [0, 0.1) is 0 Å². The number of benzene rings is 2. The zero-order valence-electron chi connectivity index (χ0n) is 15.1. The molecule has 1 heterocycles. The van der Waals surface area contributed by atoms with Crippen LogP contribution in [-0.4, -0.2) is 19.3 Å². The maximum atomic E-state index is 13.0. The Bertz CT molecular complexity index is 1160. The maximum absolute atomic E-state index is 13.0.